The van der Waals surface area contributed by atoms with Crippen LogP contribution in [0.2, 0.25) is 0 Å². The van der Waals surface area contributed by atoms with E-state index in [-0.39, 0.29) is 16.6 Å². The lowest BCUT2D eigenvalue weighted by Gasteiger charge is -2.30. The predicted molar refractivity (Wildman–Crippen MR) is 84.4 cm³/mol. The Morgan fingerprint density at radius 3 is 2.60 bits per heavy atom. The van der Waals surface area contributed by atoms with Gasteiger partial charge in [0, 0.05) is 30.1 Å². The number of carbonyl (C=O) groups is 1. The molecule has 0 aromatic rings. The van der Waals surface area contributed by atoms with Crippen LogP contribution in [0.1, 0.15) is 33.6 Å². The third-order valence-corrected chi connectivity index (χ3v) is 5.70. The SMILES string of the molecule is CC(C)(C)SCCNC(=O)[C@@H]1CCCN(S(C)(=O)=O)C1. The van der Waals surface area contributed by atoms with Crippen LogP contribution in [0.15, 0.2) is 0 Å². The van der Waals surface area contributed by atoms with Crippen LogP contribution < -0.4 is 5.32 Å². The zero-order chi connectivity index (χ0) is 15.4. The average molecular weight is 322 g/mol. The van der Waals surface area contributed by atoms with E-state index in [1.807, 2.05) is 0 Å². The standard InChI is InChI=1S/C13H26N2O3S2/c1-13(2,3)19-9-7-14-12(16)11-6-5-8-15(10-11)20(4,17)18/h11H,5-10H2,1-4H3,(H,14,16)/t11-/m1/s1. The molecule has 1 rings (SSSR count). The Morgan fingerprint density at radius 2 is 2.05 bits per heavy atom. The van der Waals surface area contributed by atoms with Gasteiger partial charge >= 0.3 is 0 Å². The monoisotopic (exact) mass is 322 g/mol. The lowest BCUT2D eigenvalue weighted by Crippen LogP contribution is -2.45. The van der Waals surface area contributed by atoms with Crippen molar-refractivity contribution in [3.05, 3.63) is 0 Å². The number of sulfonamides is 1. The van der Waals surface area contributed by atoms with Crippen molar-refractivity contribution in [1.29, 1.82) is 0 Å². The van der Waals surface area contributed by atoms with E-state index in [4.69, 9.17) is 0 Å². The average Bonchev–Trinajstić information content (AvgIpc) is 2.32. The molecule has 0 radical (unpaired) electrons. The molecule has 7 heteroatoms. The number of nitrogens with zero attached hydrogens (tertiary/aromatic N) is 1. The highest BCUT2D eigenvalue weighted by Crippen LogP contribution is 2.22. The summed E-state index contributed by atoms with van der Waals surface area (Å²) in [5, 5.41) is 2.92. The lowest BCUT2D eigenvalue weighted by molar-refractivity contribution is -0.125. The van der Waals surface area contributed by atoms with Crippen molar-refractivity contribution in [3.63, 3.8) is 0 Å². The summed E-state index contributed by atoms with van der Waals surface area (Å²) in [4.78, 5) is 12.1. The fraction of sp³-hybridized carbons (Fsp3) is 0.923. The van der Waals surface area contributed by atoms with E-state index in [9.17, 15) is 13.2 Å². The molecule has 1 aliphatic heterocycles. The molecule has 0 bridgehead atoms. The number of piperidine rings is 1. The number of nitrogens with one attached hydrogen (secondary N) is 1. The number of amides is 1. The summed E-state index contributed by atoms with van der Waals surface area (Å²) in [6.07, 6.45) is 2.72. The van der Waals surface area contributed by atoms with E-state index in [0.29, 0.717) is 19.6 Å². The van der Waals surface area contributed by atoms with Crippen LogP contribution in [0.3, 0.4) is 0 Å². The van der Waals surface area contributed by atoms with Gasteiger partial charge in [0.05, 0.1) is 12.2 Å². The van der Waals surface area contributed by atoms with Crippen LogP contribution >= 0.6 is 11.8 Å². The van der Waals surface area contributed by atoms with Gasteiger partial charge in [-0.15, -0.1) is 0 Å². The molecular formula is C13H26N2O3S2. The third kappa shape index (κ3) is 6.45. The Kier molecular flexibility index (Phi) is 6.34. The predicted octanol–water partition coefficient (Wildman–Crippen LogP) is 1.31. The van der Waals surface area contributed by atoms with Gasteiger partial charge in [0.2, 0.25) is 15.9 Å². The van der Waals surface area contributed by atoms with Crippen LogP contribution in [-0.4, -0.2) is 55.0 Å². The molecule has 0 aromatic carbocycles. The van der Waals surface area contributed by atoms with Crippen LogP contribution in [0, 0.1) is 5.92 Å². The van der Waals surface area contributed by atoms with Gasteiger partial charge in [-0.3, -0.25) is 4.79 Å². The molecule has 0 unspecified atom stereocenters. The van der Waals surface area contributed by atoms with Gasteiger partial charge in [-0.1, -0.05) is 20.8 Å². The Bertz CT molecular complexity index is 429. The summed E-state index contributed by atoms with van der Waals surface area (Å²) in [5.41, 5.74) is 0. The zero-order valence-electron chi connectivity index (χ0n) is 12.8. The van der Waals surface area contributed by atoms with Gasteiger partial charge in [0.25, 0.3) is 0 Å². The van der Waals surface area contributed by atoms with Gasteiger partial charge in [0.15, 0.2) is 0 Å². The van der Waals surface area contributed by atoms with E-state index in [0.717, 1.165) is 18.6 Å². The first-order valence-corrected chi connectivity index (χ1v) is 9.80. The quantitative estimate of drug-likeness (QED) is 0.775. The molecule has 20 heavy (non-hydrogen) atoms. The van der Waals surface area contributed by atoms with Crippen LogP contribution in [-0.2, 0) is 14.8 Å². The molecule has 0 saturated carbocycles. The van der Waals surface area contributed by atoms with Gasteiger partial charge in [-0.25, -0.2) is 12.7 Å². The summed E-state index contributed by atoms with van der Waals surface area (Å²) in [5.74, 6) is 0.642. The van der Waals surface area contributed by atoms with Crippen LogP contribution in [0.4, 0.5) is 0 Å². The molecular weight excluding hydrogens is 296 g/mol. The number of hydrogen-bond acceptors (Lipinski definition) is 4. The highest BCUT2D eigenvalue weighted by molar-refractivity contribution is 8.00. The lowest BCUT2D eigenvalue weighted by atomic mass is 9.99. The fourth-order valence-electron chi connectivity index (χ4n) is 2.13. The first-order chi connectivity index (χ1) is 9.09. The molecule has 1 heterocycles. The molecule has 0 aliphatic carbocycles. The van der Waals surface area contributed by atoms with Crippen molar-refractivity contribution in [1.82, 2.24) is 9.62 Å². The number of carbonyl (C=O) groups excluding carboxylic acids is 1. The normalized spacial score (nSPS) is 21.7. The molecule has 1 N–H and O–H groups in total. The molecule has 1 saturated heterocycles. The summed E-state index contributed by atoms with van der Waals surface area (Å²) in [6, 6.07) is 0. The minimum absolute atomic E-state index is 0.0205. The highest BCUT2D eigenvalue weighted by Gasteiger charge is 2.29. The Morgan fingerprint density at radius 1 is 1.40 bits per heavy atom. The van der Waals surface area contributed by atoms with Gasteiger partial charge in [-0.05, 0) is 12.8 Å². The Labute approximate surface area is 126 Å². The maximum absolute atomic E-state index is 12.1. The van der Waals surface area contributed by atoms with E-state index in [1.165, 1.54) is 10.6 Å². The summed E-state index contributed by atoms with van der Waals surface area (Å²) < 4.78 is 24.6. The maximum atomic E-state index is 12.1. The molecule has 1 amide bonds. The minimum atomic E-state index is -3.19. The third-order valence-electron chi connectivity index (χ3n) is 3.16. The molecule has 1 atom stereocenters. The van der Waals surface area contributed by atoms with Crippen molar-refractivity contribution >= 4 is 27.7 Å². The first kappa shape index (κ1) is 17.8. The van der Waals surface area contributed by atoms with E-state index >= 15 is 0 Å². The smallest absolute Gasteiger partial charge is 0.224 e. The van der Waals surface area contributed by atoms with Crippen molar-refractivity contribution in [2.45, 2.75) is 38.4 Å². The Balaban J connectivity index is 2.36. The van der Waals surface area contributed by atoms with Crippen molar-refractivity contribution in [2.75, 3.05) is 31.6 Å². The molecule has 5 nitrogen and oxygen atoms in total. The van der Waals surface area contributed by atoms with E-state index < -0.39 is 10.0 Å². The number of thioether (sulfide) groups is 1. The summed E-state index contributed by atoms with van der Waals surface area (Å²) in [6.45, 7) is 7.91. The molecule has 118 valence electrons. The molecule has 1 fully saturated rings. The van der Waals surface area contributed by atoms with Crippen molar-refractivity contribution in [3.8, 4) is 0 Å². The highest BCUT2D eigenvalue weighted by atomic mass is 32.2. The number of hydrogen-bond donors (Lipinski definition) is 1. The molecule has 0 aromatic heterocycles. The minimum Gasteiger partial charge on any atom is -0.355 e. The summed E-state index contributed by atoms with van der Waals surface area (Å²) in [7, 11) is -3.19. The van der Waals surface area contributed by atoms with E-state index in [1.54, 1.807) is 11.8 Å². The van der Waals surface area contributed by atoms with Gasteiger partial charge in [-0.2, -0.15) is 11.8 Å². The second-order valence-corrected chi connectivity index (χ2v) is 10.1. The second kappa shape index (κ2) is 7.13. The van der Waals surface area contributed by atoms with Crippen LogP contribution in [0.25, 0.3) is 0 Å². The Hall–Kier alpha value is -0.270. The molecule has 0 spiro atoms. The van der Waals surface area contributed by atoms with Crippen LogP contribution in [0.5, 0.6) is 0 Å². The fourth-order valence-corrected chi connectivity index (χ4v) is 3.86. The number of rotatable bonds is 5. The van der Waals surface area contributed by atoms with Crippen molar-refractivity contribution < 1.29 is 13.2 Å². The maximum Gasteiger partial charge on any atom is 0.224 e. The zero-order valence-corrected chi connectivity index (χ0v) is 14.4. The molecule has 1 aliphatic rings. The topological polar surface area (TPSA) is 66.5 Å². The largest absolute Gasteiger partial charge is 0.355 e. The van der Waals surface area contributed by atoms with Gasteiger partial charge in [0.1, 0.15) is 0 Å². The van der Waals surface area contributed by atoms with Crippen molar-refractivity contribution in [2.24, 2.45) is 5.92 Å². The second-order valence-electron chi connectivity index (χ2n) is 6.21. The van der Waals surface area contributed by atoms with Gasteiger partial charge < -0.3 is 5.32 Å². The van der Waals surface area contributed by atoms with E-state index in [2.05, 4.69) is 26.1 Å². The summed E-state index contributed by atoms with van der Waals surface area (Å²) >= 11 is 1.81. The first-order valence-electron chi connectivity index (χ1n) is 6.96.